The van der Waals surface area contributed by atoms with Gasteiger partial charge in [0.05, 0.1) is 27.3 Å². The van der Waals surface area contributed by atoms with E-state index in [1.807, 2.05) is 81.4 Å². The molecule has 0 N–H and O–H groups in total. The van der Waals surface area contributed by atoms with Crippen LogP contribution in [-0.2, 0) is 26.4 Å². The first-order valence-electron chi connectivity index (χ1n) is 10.6. The van der Waals surface area contributed by atoms with Crippen molar-refractivity contribution in [2.75, 3.05) is 5.33 Å². The lowest BCUT2D eigenvalue weighted by molar-refractivity contribution is 0.261. The molecule has 0 radical (unpaired) electrons. The molecule has 3 aromatic carbocycles. The third kappa shape index (κ3) is 4.28. The minimum absolute atomic E-state index is 0.219. The molecule has 1 heterocycles. The Labute approximate surface area is 207 Å². The van der Waals surface area contributed by atoms with E-state index in [0.717, 1.165) is 16.7 Å². The molecule has 0 unspecified atom stereocenters. The largest absolute Gasteiger partial charge is 0.249 e. The minimum atomic E-state index is -3.91. The van der Waals surface area contributed by atoms with Crippen LogP contribution in [0.3, 0.4) is 0 Å². The predicted octanol–water partition coefficient (Wildman–Crippen LogP) is 5.68. The molecular weight excluding hydrogens is 518 g/mol. The summed E-state index contributed by atoms with van der Waals surface area (Å²) in [5.74, 6) is 0. The van der Waals surface area contributed by atoms with E-state index in [-0.39, 0.29) is 4.90 Å². The number of hydrogen-bond donors (Lipinski definition) is 0. The second-order valence-electron chi connectivity index (χ2n) is 8.39. The van der Waals surface area contributed by atoms with Crippen LogP contribution in [-0.4, -0.2) is 28.3 Å². The standard InChI is InChI=1S/C26H26BrNO3S2/c1-19-9-13-23(14-10-19)32(29)25-17-22(18-27)28(26(25,3)21-7-5-4-6-8-21)33(30,31)24-15-11-20(2)12-16-24/h4-17,22H,18H2,1-3H3/t22-,26+,32+/m1/s1. The summed E-state index contributed by atoms with van der Waals surface area (Å²) >= 11 is 3.51. The highest BCUT2D eigenvalue weighted by atomic mass is 79.9. The SMILES string of the molecule is Cc1ccc([S@](=O)C2=C[C@H](CBr)N(S(=O)(=O)c3ccc(C)cc3)[C@@]2(C)c2ccccc2)cc1. The molecule has 4 rings (SSSR count). The molecule has 1 aliphatic rings. The van der Waals surface area contributed by atoms with Crippen LogP contribution >= 0.6 is 15.9 Å². The molecule has 7 heteroatoms. The van der Waals surface area contributed by atoms with Gasteiger partial charge in [0.1, 0.15) is 0 Å². The van der Waals surface area contributed by atoms with Crippen LogP contribution in [0.1, 0.15) is 23.6 Å². The summed E-state index contributed by atoms with van der Waals surface area (Å²) in [4.78, 5) is 1.44. The molecule has 4 nitrogen and oxygen atoms in total. The second kappa shape index (κ2) is 9.29. The van der Waals surface area contributed by atoms with Crippen molar-refractivity contribution in [1.82, 2.24) is 4.31 Å². The number of hydrogen-bond acceptors (Lipinski definition) is 3. The maximum atomic E-state index is 14.0. The fourth-order valence-corrected chi connectivity index (χ4v) is 8.36. The van der Waals surface area contributed by atoms with E-state index in [9.17, 15) is 12.6 Å². The van der Waals surface area contributed by atoms with Crippen LogP contribution in [0.25, 0.3) is 0 Å². The van der Waals surface area contributed by atoms with Crippen molar-refractivity contribution in [1.29, 1.82) is 0 Å². The molecule has 3 aromatic rings. The molecule has 172 valence electrons. The predicted molar refractivity (Wildman–Crippen MR) is 137 cm³/mol. The lowest BCUT2D eigenvalue weighted by atomic mass is 9.93. The maximum Gasteiger partial charge on any atom is 0.244 e. The van der Waals surface area contributed by atoms with E-state index in [1.165, 1.54) is 4.31 Å². The highest BCUT2D eigenvalue weighted by Crippen LogP contribution is 2.48. The lowest BCUT2D eigenvalue weighted by Gasteiger charge is -2.39. The van der Waals surface area contributed by atoms with Gasteiger partial charge in [-0.2, -0.15) is 4.31 Å². The van der Waals surface area contributed by atoms with Gasteiger partial charge < -0.3 is 0 Å². The molecule has 0 saturated heterocycles. The maximum absolute atomic E-state index is 14.0. The van der Waals surface area contributed by atoms with Crippen LogP contribution in [0.2, 0.25) is 0 Å². The Balaban J connectivity index is 1.92. The number of benzene rings is 3. The van der Waals surface area contributed by atoms with Gasteiger partial charge in [-0.3, -0.25) is 0 Å². The quantitative estimate of drug-likeness (QED) is 0.376. The molecule has 0 amide bonds. The zero-order chi connectivity index (χ0) is 23.8. The molecule has 0 aromatic heterocycles. The van der Waals surface area contributed by atoms with E-state index in [2.05, 4.69) is 15.9 Å². The third-order valence-corrected chi connectivity index (χ3v) is 10.4. The molecule has 0 bridgehead atoms. The number of aryl methyl sites for hydroxylation is 2. The smallest absolute Gasteiger partial charge is 0.244 e. The van der Waals surface area contributed by atoms with E-state index in [0.29, 0.717) is 15.1 Å². The molecule has 33 heavy (non-hydrogen) atoms. The molecule has 0 fully saturated rings. The van der Waals surface area contributed by atoms with Gasteiger partial charge in [-0.25, -0.2) is 12.6 Å². The van der Waals surface area contributed by atoms with Crippen molar-refractivity contribution in [2.45, 2.75) is 42.1 Å². The summed E-state index contributed by atoms with van der Waals surface area (Å²) in [5.41, 5.74) is 1.70. The van der Waals surface area contributed by atoms with Gasteiger partial charge in [-0.1, -0.05) is 87.7 Å². The fourth-order valence-electron chi connectivity index (χ4n) is 4.26. The third-order valence-electron chi connectivity index (χ3n) is 6.07. The summed E-state index contributed by atoms with van der Waals surface area (Å²) in [6.07, 6.45) is 1.85. The number of nitrogens with zero attached hydrogens (tertiary/aromatic N) is 1. The Morgan fingerprint density at radius 2 is 1.45 bits per heavy atom. The first kappa shape index (κ1) is 24.1. The second-order valence-corrected chi connectivity index (χ2v) is 12.3. The van der Waals surface area contributed by atoms with Gasteiger partial charge in [0.2, 0.25) is 10.0 Å². The van der Waals surface area contributed by atoms with Crippen molar-refractivity contribution in [3.63, 3.8) is 0 Å². The van der Waals surface area contributed by atoms with Crippen LogP contribution in [0.4, 0.5) is 0 Å². The highest BCUT2D eigenvalue weighted by molar-refractivity contribution is 9.09. The van der Waals surface area contributed by atoms with Gasteiger partial charge >= 0.3 is 0 Å². The van der Waals surface area contributed by atoms with Gasteiger partial charge in [-0.15, -0.1) is 0 Å². The number of rotatable bonds is 6. The fraction of sp³-hybridized carbons (Fsp3) is 0.231. The summed E-state index contributed by atoms with van der Waals surface area (Å²) in [6.45, 7) is 5.76. The Morgan fingerprint density at radius 1 is 0.909 bits per heavy atom. The molecule has 0 saturated carbocycles. The molecule has 0 aliphatic carbocycles. The van der Waals surface area contributed by atoms with Crippen LogP contribution in [0, 0.1) is 13.8 Å². The lowest BCUT2D eigenvalue weighted by Crippen LogP contribution is -2.49. The van der Waals surface area contributed by atoms with E-state index in [4.69, 9.17) is 0 Å². The minimum Gasteiger partial charge on any atom is -0.249 e. The molecular formula is C26H26BrNO3S2. The first-order chi connectivity index (χ1) is 15.7. The number of halogens is 1. The highest BCUT2D eigenvalue weighted by Gasteiger charge is 2.53. The first-order valence-corrected chi connectivity index (χ1v) is 14.3. The van der Waals surface area contributed by atoms with E-state index >= 15 is 0 Å². The monoisotopic (exact) mass is 543 g/mol. The van der Waals surface area contributed by atoms with Crippen molar-refractivity contribution < 1.29 is 12.6 Å². The van der Waals surface area contributed by atoms with Gasteiger partial charge in [0, 0.05) is 15.1 Å². The summed E-state index contributed by atoms with van der Waals surface area (Å²) in [5, 5.41) is 0.384. The van der Waals surface area contributed by atoms with Crippen molar-refractivity contribution in [3.05, 3.63) is 107 Å². The molecule has 0 spiro atoms. The summed E-state index contributed by atoms with van der Waals surface area (Å²) in [7, 11) is -5.45. The zero-order valence-electron chi connectivity index (χ0n) is 18.7. The Hall–Kier alpha value is -2.06. The van der Waals surface area contributed by atoms with Crippen LogP contribution in [0.5, 0.6) is 0 Å². The van der Waals surface area contributed by atoms with Crippen LogP contribution in [0.15, 0.2) is 99.6 Å². The van der Waals surface area contributed by atoms with Crippen molar-refractivity contribution >= 4 is 36.8 Å². The normalized spacial score (nSPS) is 22.2. The Morgan fingerprint density at radius 3 is 2.00 bits per heavy atom. The van der Waals surface area contributed by atoms with E-state index < -0.39 is 32.4 Å². The molecule has 3 atom stereocenters. The van der Waals surface area contributed by atoms with Crippen molar-refractivity contribution in [3.8, 4) is 0 Å². The Bertz CT molecular complexity index is 1300. The van der Waals surface area contributed by atoms with Gasteiger partial charge in [0.15, 0.2) is 0 Å². The van der Waals surface area contributed by atoms with Gasteiger partial charge in [-0.05, 0) is 50.6 Å². The van der Waals surface area contributed by atoms with Crippen LogP contribution < -0.4 is 0 Å². The average Bonchev–Trinajstić information content (AvgIpc) is 3.14. The zero-order valence-corrected chi connectivity index (χ0v) is 22.0. The van der Waals surface area contributed by atoms with Gasteiger partial charge in [0.25, 0.3) is 0 Å². The molecule has 1 aliphatic heterocycles. The number of sulfonamides is 1. The van der Waals surface area contributed by atoms with Crippen molar-refractivity contribution in [2.24, 2.45) is 0 Å². The number of alkyl halides is 1. The Kier molecular flexibility index (Phi) is 6.78. The topological polar surface area (TPSA) is 54.5 Å². The van der Waals surface area contributed by atoms with E-state index in [1.54, 1.807) is 24.3 Å². The summed E-state index contributed by atoms with van der Waals surface area (Å²) in [6, 6.07) is 23.3. The average molecular weight is 545 g/mol. The summed E-state index contributed by atoms with van der Waals surface area (Å²) < 4.78 is 43.4.